The number of ether oxygens (including phenoxy) is 1. The molecular weight excluding hydrogens is 214 g/mol. The summed E-state index contributed by atoms with van der Waals surface area (Å²) in [5.41, 5.74) is 0. The van der Waals surface area contributed by atoms with Crippen LogP contribution in [0.5, 0.6) is 0 Å². The van der Waals surface area contributed by atoms with Gasteiger partial charge in [-0.25, -0.2) is 0 Å². The van der Waals surface area contributed by atoms with E-state index >= 15 is 0 Å². The molecule has 102 valence electrons. The Kier molecular flexibility index (Phi) is 9.92. The molecule has 0 radical (unpaired) electrons. The predicted octanol–water partition coefficient (Wildman–Crippen LogP) is 2.01. The molecule has 0 atom stereocenters. The largest absolute Gasteiger partial charge is 0.379 e. The summed E-state index contributed by atoms with van der Waals surface area (Å²) < 4.78 is 5.47. The van der Waals surface area contributed by atoms with Gasteiger partial charge in [-0.15, -0.1) is 0 Å². The molecule has 4 nitrogen and oxygen atoms in total. The molecule has 0 aromatic carbocycles. The highest BCUT2D eigenvalue weighted by Gasteiger charge is 1.98. The lowest BCUT2D eigenvalue weighted by atomic mass is 10.1. The van der Waals surface area contributed by atoms with Crippen LogP contribution in [0, 0.1) is 5.92 Å². The van der Waals surface area contributed by atoms with E-state index in [0.29, 0.717) is 6.10 Å². The molecule has 0 fully saturated rings. The SMILES string of the molecule is CN=C(NCCCOC(C)C)NCCC(C)C. The molecule has 17 heavy (non-hydrogen) atoms. The highest BCUT2D eigenvalue weighted by Crippen LogP contribution is 1.96. The van der Waals surface area contributed by atoms with Crippen LogP contribution in [0.25, 0.3) is 0 Å². The maximum Gasteiger partial charge on any atom is 0.190 e. The molecule has 0 aromatic heterocycles. The van der Waals surface area contributed by atoms with Crippen molar-refractivity contribution in [3.63, 3.8) is 0 Å². The fourth-order valence-electron chi connectivity index (χ4n) is 1.30. The molecule has 0 spiro atoms. The maximum absolute atomic E-state index is 5.47. The Hall–Kier alpha value is -0.770. The molecule has 2 N–H and O–H groups in total. The van der Waals surface area contributed by atoms with Gasteiger partial charge in [0.2, 0.25) is 0 Å². The lowest BCUT2D eigenvalue weighted by Gasteiger charge is -2.13. The van der Waals surface area contributed by atoms with Crippen LogP contribution in [-0.2, 0) is 4.74 Å². The lowest BCUT2D eigenvalue weighted by molar-refractivity contribution is 0.0776. The van der Waals surface area contributed by atoms with Crippen molar-refractivity contribution in [3.8, 4) is 0 Å². The van der Waals surface area contributed by atoms with Crippen LogP contribution in [0.4, 0.5) is 0 Å². The first-order chi connectivity index (χ1) is 8.06. The monoisotopic (exact) mass is 243 g/mol. The van der Waals surface area contributed by atoms with Gasteiger partial charge in [0.15, 0.2) is 5.96 Å². The summed E-state index contributed by atoms with van der Waals surface area (Å²) in [6.45, 7) is 11.2. The van der Waals surface area contributed by atoms with E-state index in [-0.39, 0.29) is 0 Å². The third kappa shape index (κ3) is 11.5. The van der Waals surface area contributed by atoms with Crippen LogP contribution in [0.3, 0.4) is 0 Å². The maximum atomic E-state index is 5.47. The second-order valence-electron chi connectivity index (χ2n) is 4.88. The first-order valence-corrected chi connectivity index (χ1v) is 6.62. The van der Waals surface area contributed by atoms with Gasteiger partial charge in [0, 0.05) is 26.7 Å². The van der Waals surface area contributed by atoms with Gasteiger partial charge in [0.25, 0.3) is 0 Å². The number of hydrogen-bond acceptors (Lipinski definition) is 2. The third-order valence-electron chi connectivity index (χ3n) is 2.30. The van der Waals surface area contributed by atoms with Crippen LogP contribution in [0.1, 0.15) is 40.5 Å². The average Bonchev–Trinajstić information content (AvgIpc) is 2.25. The fraction of sp³-hybridized carbons (Fsp3) is 0.923. The van der Waals surface area contributed by atoms with E-state index in [1.54, 1.807) is 7.05 Å². The Morgan fingerprint density at radius 2 is 1.76 bits per heavy atom. The zero-order valence-electron chi connectivity index (χ0n) is 12.0. The van der Waals surface area contributed by atoms with E-state index in [1.165, 1.54) is 0 Å². The van der Waals surface area contributed by atoms with Crippen LogP contribution >= 0.6 is 0 Å². The normalized spacial score (nSPS) is 12.3. The van der Waals surface area contributed by atoms with E-state index in [2.05, 4.69) is 43.3 Å². The number of aliphatic imine (C=N–C) groups is 1. The van der Waals surface area contributed by atoms with Gasteiger partial charge in [-0.2, -0.15) is 0 Å². The molecule has 0 saturated carbocycles. The zero-order chi connectivity index (χ0) is 13.1. The van der Waals surface area contributed by atoms with Crippen molar-refractivity contribution in [1.82, 2.24) is 10.6 Å². The minimum atomic E-state index is 0.318. The number of nitrogens with one attached hydrogen (secondary N) is 2. The third-order valence-corrected chi connectivity index (χ3v) is 2.30. The van der Waals surface area contributed by atoms with Gasteiger partial charge >= 0.3 is 0 Å². The Morgan fingerprint density at radius 1 is 1.12 bits per heavy atom. The van der Waals surface area contributed by atoms with E-state index in [1.807, 2.05) is 0 Å². The Morgan fingerprint density at radius 3 is 2.29 bits per heavy atom. The summed E-state index contributed by atoms with van der Waals surface area (Å²) in [7, 11) is 1.80. The molecule has 0 aliphatic carbocycles. The Labute approximate surface area is 106 Å². The second-order valence-corrected chi connectivity index (χ2v) is 4.88. The van der Waals surface area contributed by atoms with E-state index < -0.39 is 0 Å². The summed E-state index contributed by atoms with van der Waals surface area (Å²) in [6, 6.07) is 0. The molecule has 0 aliphatic rings. The van der Waals surface area contributed by atoms with Crippen LogP contribution in [-0.4, -0.2) is 38.8 Å². The summed E-state index contributed by atoms with van der Waals surface area (Å²) >= 11 is 0. The van der Waals surface area contributed by atoms with Gasteiger partial charge in [-0.05, 0) is 32.6 Å². The van der Waals surface area contributed by atoms with Gasteiger partial charge < -0.3 is 15.4 Å². The molecule has 0 heterocycles. The summed E-state index contributed by atoms with van der Waals surface area (Å²) in [4.78, 5) is 4.17. The Balaban J connectivity index is 3.49. The van der Waals surface area contributed by atoms with E-state index in [4.69, 9.17) is 4.74 Å². The molecular formula is C13H29N3O. The van der Waals surface area contributed by atoms with Crippen molar-refractivity contribution in [2.24, 2.45) is 10.9 Å². The highest BCUT2D eigenvalue weighted by molar-refractivity contribution is 5.79. The summed E-state index contributed by atoms with van der Waals surface area (Å²) in [6.07, 6.45) is 2.48. The number of hydrogen-bond donors (Lipinski definition) is 2. The molecule has 0 aliphatic heterocycles. The molecule has 0 rings (SSSR count). The van der Waals surface area contributed by atoms with Crippen molar-refractivity contribution in [2.45, 2.75) is 46.6 Å². The van der Waals surface area contributed by atoms with Gasteiger partial charge in [0.05, 0.1) is 6.10 Å². The van der Waals surface area contributed by atoms with Gasteiger partial charge in [-0.1, -0.05) is 13.8 Å². The van der Waals surface area contributed by atoms with E-state index in [9.17, 15) is 0 Å². The summed E-state index contributed by atoms with van der Waals surface area (Å²) in [5.74, 6) is 1.61. The molecule has 4 heteroatoms. The molecule has 0 bridgehead atoms. The standard InChI is InChI=1S/C13H29N3O/c1-11(2)7-9-16-13(14-5)15-8-6-10-17-12(3)4/h11-12H,6-10H2,1-5H3,(H2,14,15,16). The van der Waals surface area contributed by atoms with Crippen molar-refractivity contribution in [3.05, 3.63) is 0 Å². The number of rotatable bonds is 8. The molecule has 0 unspecified atom stereocenters. The molecule has 0 saturated heterocycles. The van der Waals surface area contributed by atoms with Crippen molar-refractivity contribution in [1.29, 1.82) is 0 Å². The second kappa shape index (κ2) is 10.4. The number of nitrogens with zero attached hydrogens (tertiary/aromatic N) is 1. The Bertz CT molecular complexity index is 203. The minimum Gasteiger partial charge on any atom is -0.379 e. The van der Waals surface area contributed by atoms with Crippen LogP contribution in [0.2, 0.25) is 0 Å². The zero-order valence-corrected chi connectivity index (χ0v) is 12.0. The van der Waals surface area contributed by atoms with E-state index in [0.717, 1.165) is 44.4 Å². The average molecular weight is 243 g/mol. The first-order valence-electron chi connectivity index (χ1n) is 6.62. The smallest absolute Gasteiger partial charge is 0.190 e. The van der Waals surface area contributed by atoms with Gasteiger partial charge in [0.1, 0.15) is 0 Å². The summed E-state index contributed by atoms with van der Waals surface area (Å²) in [5, 5.41) is 6.57. The van der Waals surface area contributed by atoms with Crippen LogP contribution < -0.4 is 10.6 Å². The highest BCUT2D eigenvalue weighted by atomic mass is 16.5. The van der Waals surface area contributed by atoms with Gasteiger partial charge in [-0.3, -0.25) is 4.99 Å². The quantitative estimate of drug-likeness (QED) is 0.389. The van der Waals surface area contributed by atoms with Crippen molar-refractivity contribution < 1.29 is 4.74 Å². The number of guanidine groups is 1. The molecule has 0 aromatic rings. The van der Waals surface area contributed by atoms with Crippen molar-refractivity contribution in [2.75, 3.05) is 26.7 Å². The molecule has 0 amide bonds. The van der Waals surface area contributed by atoms with Crippen molar-refractivity contribution >= 4 is 5.96 Å². The first kappa shape index (κ1) is 16.2. The minimum absolute atomic E-state index is 0.318. The van der Waals surface area contributed by atoms with Crippen LogP contribution in [0.15, 0.2) is 4.99 Å². The lowest BCUT2D eigenvalue weighted by Crippen LogP contribution is -2.38. The predicted molar refractivity (Wildman–Crippen MR) is 74.5 cm³/mol. The fourth-order valence-corrected chi connectivity index (χ4v) is 1.30. The topological polar surface area (TPSA) is 45.7 Å².